The molecule has 0 aliphatic carbocycles. The molecule has 1 N–H and O–H groups in total. The van der Waals surface area contributed by atoms with Gasteiger partial charge in [0, 0.05) is 13.0 Å². The van der Waals surface area contributed by atoms with Crippen molar-refractivity contribution in [2.24, 2.45) is 0 Å². The summed E-state index contributed by atoms with van der Waals surface area (Å²) in [6.07, 6.45) is 0.857. The van der Waals surface area contributed by atoms with Crippen LogP contribution in [0.25, 0.3) is 0 Å². The van der Waals surface area contributed by atoms with Crippen LogP contribution in [0.1, 0.15) is 12.8 Å². The molecule has 104 valence electrons. The van der Waals surface area contributed by atoms with Gasteiger partial charge < -0.3 is 14.8 Å². The number of esters is 1. The van der Waals surface area contributed by atoms with Crippen LogP contribution in [-0.4, -0.2) is 32.1 Å². The third kappa shape index (κ3) is 6.42. The molecule has 0 bridgehead atoms. The second kappa shape index (κ2) is 8.73. The number of carbonyl (C=O) groups is 2. The summed E-state index contributed by atoms with van der Waals surface area (Å²) in [6.45, 7) is 0.404. The van der Waals surface area contributed by atoms with Gasteiger partial charge in [-0.15, -0.1) is 0 Å². The average molecular weight is 377 g/mol. The zero-order chi connectivity index (χ0) is 14.1. The summed E-state index contributed by atoms with van der Waals surface area (Å²) >= 11 is 2.15. The summed E-state index contributed by atoms with van der Waals surface area (Å²) in [5.41, 5.74) is 0. The van der Waals surface area contributed by atoms with Crippen LogP contribution in [0.3, 0.4) is 0 Å². The molecule has 5 nitrogen and oxygen atoms in total. The fraction of sp³-hybridized carbons (Fsp3) is 0.385. The van der Waals surface area contributed by atoms with Crippen molar-refractivity contribution < 1.29 is 19.1 Å². The molecule has 0 saturated heterocycles. The third-order valence-electron chi connectivity index (χ3n) is 2.30. The molecule has 0 heterocycles. The molecule has 0 saturated carbocycles. The highest BCUT2D eigenvalue weighted by Crippen LogP contribution is 2.19. The highest BCUT2D eigenvalue weighted by atomic mass is 127. The van der Waals surface area contributed by atoms with Crippen molar-refractivity contribution in [2.75, 3.05) is 20.3 Å². The summed E-state index contributed by atoms with van der Waals surface area (Å²) in [7, 11) is 1.34. The van der Waals surface area contributed by atoms with Gasteiger partial charge in [-0.1, -0.05) is 12.1 Å². The van der Waals surface area contributed by atoms with E-state index in [2.05, 4.69) is 32.6 Å². The molecule has 1 aromatic rings. The van der Waals surface area contributed by atoms with Crippen molar-refractivity contribution in [3.8, 4) is 5.75 Å². The van der Waals surface area contributed by atoms with Crippen LogP contribution in [0.4, 0.5) is 0 Å². The Morgan fingerprint density at radius 3 is 2.74 bits per heavy atom. The molecule has 0 aliphatic heterocycles. The first-order valence-corrected chi connectivity index (χ1v) is 6.92. The van der Waals surface area contributed by atoms with Gasteiger partial charge in [-0.3, -0.25) is 9.59 Å². The van der Waals surface area contributed by atoms with Gasteiger partial charge in [-0.25, -0.2) is 0 Å². The first-order valence-electron chi connectivity index (χ1n) is 5.84. The number of para-hydroxylation sites is 1. The Hall–Kier alpha value is -1.31. The summed E-state index contributed by atoms with van der Waals surface area (Å²) in [5, 5.41) is 2.68. The molecule has 1 rings (SSSR count). The van der Waals surface area contributed by atoms with E-state index in [-0.39, 0.29) is 18.5 Å². The topological polar surface area (TPSA) is 64.6 Å². The number of carbonyl (C=O) groups excluding carboxylic acids is 2. The van der Waals surface area contributed by atoms with Crippen molar-refractivity contribution in [1.82, 2.24) is 5.32 Å². The lowest BCUT2D eigenvalue weighted by Gasteiger charge is -2.08. The lowest BCUT2D eigenvalue weighted by Crippen LogP contribution is -2.30. The Bertz CT molecular complexity index is 436. The highest BCUT2D eigenvalue weighted by Gasteiger charge is 2.05. The summed E-state index contributed by atoms with van der Waals surface area (Å²) in [6, 6.07) is 7.48. The normalized spacial score (nSPS) is 9.79. The van der Waals surface area contributed by atoms with E-state index in [1.54, 1.807) is 0 Å². The second-order valence-corrected chi connectivity index (χ2v) is 4.91. The van der Waals surface area contributed by atoms with E-state index < -0.39 is 0 Å². The van der Waals surface area contributed by atoms with Gasteiger partial charge in [-0.05, 0) is 41.1 Å². The molecular formula is C13H16INO4. The standard InChI is InChI=1S/C13H16INO4/c1-18-13(17)7-4-8-15-12(16)9-19-11-6-3-2-5-10(11)14/h2-3,5-6H,4,7-9H2,1H3,(H,15,16). The number of ether oxygens (including phenoxy) is 2. The van der Waals surface area contributed by atoms with E-state index in [0.717, 1.165) is 3.57 Å². The van der Waals surface area contributed by atoms with E-state index in [4.69, 9.17) is 4.74 Å². The number of methoxy groups -OCH3 is 1. The molecular weight excluding hydrogens is 361 g/mol. The molecule has 19 heavy (non-hydrogen) atoms. The number of benzene rings is 1. The number of nitrogens with one attached hydrogen (secondary N) is 1. The van der Waals surface area contributed by atoms with Gasteiger partial charge >= 0.3 is 5.97 Å². The van der Waals surface area contributed by atoms with Gasteiger partial charge in [0.05, 0.1) is 10.7 Å². The Kier molecular flexibility index (Phi) is 7.24. The van der Waals surface area contributed by atoms with Gasteiger partial charge in [0.25, 0.3) is 5.91 Å². The minimum atomic E-state index is -0.274. The fourth-order valence-electron chi connectivity index (χ4n) is 1.32. The Labute approximate surface area is 125 Å². The fourth-order valence-corrected chi connectivity index (χ4v) is 1.86. The van der Waals surface area contributed by atoms with E-state index in [1.807, 2.05) is 24.3 Å². The molecule has 6 heteroatoms. The van der Waals surface area contributed by atoms with Gasteiger partial charge in [0.2, 0.25) is 0 Å². The first-order chi connectivity index (χ1) is 9.13. The monoisotopic (exact) mass is 377 g/mol. The SMILES string of the molecule is COC(=O)CCCNC(=O)COc1ccccc1I. The Balaban J connectivity index is 2.18. The largest absolute Gasteiger partial charge is 0.483 e. The van der Waals surface area contributed by atoms with Crippen LogP contribution >= 0.6 is 22.6 Å². The van der Waals surface area contributed by atoms with E-state index >= 15 is 0 Å². The maximum absolute atomic E-state index is 11.5. The molecule has 0 unspecified atom stereocenters. The molecule has 0 atom stereocenters. The number of rotatable bonds is 7. The van der Waals surface area contributed by atoms with Crippen molar-refractivity contribution in [1.29, 1.82) is 0 Å². The van der Waals surface area contributed by atoms with Crippen molar-refractivity contribution in [3.63, 3.8) is 0 Å². The van der Waals surface area contributed by atoms with Crippen molar-refractivity contribution in [2.45, 2.75) is 12.8 Å². The molecule has 0 aliphatic rings. The summed E-state index contributed by atoms with van der Waals surface area (Å²) < 4.78 is 10.8. The zero-order valence-electron chi connectivity index (χ0n) is 10.6. The summed E-state index contributed by atoms with van der Waals surface area (Å²) in [4.78, 5) is 22.3. The quantitative estimate of drug-likeness (QED) is 0.447. The first kappa shape index (κ1) is 15.7. The van der Waals surface area contributed by atoms with Crippen LogP contribution in [0, 0.1) is 3.57 Å². The van der Waals surface area contributed by atoms with E-state index in [1.165, 1.54) is 7.11 Å². The molecule has 1 amide bonds. The van der Waals surface area contributed by atoms with Crippen LogP contribution in [0.5, 0.6) is 5.75 Å². The van der Waals surface area contributed by atoms with Gasteiger partial charge in [0.1, 0.15) is 5.75 Å². The number of hydrogen-bond donors (Lipinski definition) is 1. The number of halogens is 1. The second-order valence-electron chi connectivity index (χ2n) is 3.75. The number of hydrogen-bond acceptors (Lipinski definition) is 4. The van der Waals surface area contributed by atoms with E-state index in [9.17, 15) is 9.59 Å². The molecule has 0 radical (unpaired) electrons. The predicted molar refractivity (Wildman–Crippen MR) is 78.9 cm³/mol. The van der Waals surface area contributed by atoms with Crippen LogP contribution in [0.15, 0.2) is 24.3 Å². The van der Waals surface area contributed by atoms with Crippen LogP contribution in [0.2, 0.25) is 0 Å². The maximum Gasteiger partial charge on any atom is 0.305 e. The lowest BCUT2D eigenvalue weighted by molar-refractivity contribution is -0.140. The molecule has 0 spiro atoms. The minimum absolute atomic E-state index is 0.0295. The van der Waals surface area contributed by atoms with Gasteiger partial charge in [-0.2, -0.15) is 0 Å². The maximum atomic E-state index is 11.5. The molecule has 1 aromatic carbocycles. The molecule has 0 fully saturated rings. The van der Waals surface area contributed by atoms with Crippen LogP contribution < -0.4 is 10.1 Å². The minimum Gasteiger partial charge on any atom is -0.483 e. The highest BCUT2D eigenvalue weighted by molar-refractivity contribution is 14.1. The zero-order valence-corrected chi connectivity index (χ0v) is 12.8. The van der Waals surface area contributed by atoms with E-state index in [0.29, 0.717) is 25.1 Å². The Morgan fingerprint density at radius 2 is 2.05 bits per heavy atom. The average Bonchev–Trinajstić information content (AvgIpc) is 2.42. The van der Waals surface area contributed by atoms with Gasteiger partial charge in [0.15, 0.2) is 6.61 Å². The molecule has 0 aromatic heterocycles. The Morgan fingerprint density at radius 1 is 1.32 bits per heavy atom. The number of amides is 1. The lowest BCUT2D eigenvalue weighted by atomic mass is 10.3. The third-order valence-corrected chi connectivity index (χ3v) is 3.19. The predicted octanol–water partition coefficient (Wildman–Crippen LogP) is 1.74. The van der Waals surface area contributed by atoms with Crippen LogP contribution in [-0.2, 0) is 14.3 Å². The van der Waals surface area contributed by atoms with Crippen molar-refractivity contribution in [3.05, 3.63) is 27.8 Å². The smallest absolute Gasteiger partial charge is 0.305 e. The summed E-state index contributed by atoms with van der Waals surface area (Å²) in [5.74, 6) is 0.210. The van der Waals surface area contributed by atoms with Crippen molar-refractivity contribution >= 4 is 34.5 Å².